The van der Waals surface area contributed by atoms with Gasteiger partial charge in [0.15, 0.2) is 11.0 Å². The third kappa shape index (κ3) is 4.06. The maximum Gasteiger partial charge on any atom is 0.316 e. The van der Waals surface area contributed by atoms with E-state index in [2.05, 4.69) is 10.2 Å². The molecule has 0 saturated carbocycles. The number of benzene rings is 2. The molecule has 25 heavy (non-hydrogen) atoms. The summed E-state index contributed by atoms with van der Waals surface area (Å²) >= 11 is 1.23. The van der Waals surface area contributed by atoms with E-state index in [1.807, 2.05) is 30.3 Å². The second-order valence-electron chi connectivity index (χ2n) is 5.08. The zero-order valence-corrected chi connectivity index (χ0v) is 14.4. The average Bonchev–Trinajstić information content (AvgIpc) is 3.05. The number of aromatic nitrogens is 3. The highest BCUT2D eigenvalue weighted by atomic mass is 32.2. The number of ether oxygens (including phenoxy) is 1. The molecule has 0 unspecified atom stereocenters. The molecule has 0 spiro atoms. The lowest BCUT2D eigenvalue weighted by Gasteiger charge is -2.10. The first-order chi connectivity index (χ1) is 12.2. The van der Waals surface area contributed by atoms with E-state index in [1.54, 1.807) is 23.6 Å². The van der Waals surface area contributed by atoms with E-state index in [1.165, 1.54) is 23.9 Å². The second kappa shape index (κ2) is 7.94. The van der Waals surface area contributed by atoms with Gasteiger partial charge < -0.3 is 4.74 Å². The molecule has 0 N–H and O–H groups in total. The lowest BCUT2D eigenvalue weighted by atomic mass is 10.2. The first kappa shape index (κ1) is 17.2. The van der Waals surface area contributed by atoms with E-state index < -0.39 is 0 Å². The van der Waals surface area contributed by atoms with Crippen molar-refractivity contribution in [2.45, 2.75) is 12.1 Å². The highest BCUT2D eigenvalue weighted by Gasteiger charge is 2.17. The molecule has 0 saturated heterocycles. The molecule has 2 aromatic carbocycles. The minimum atomic E-state index is -0.321. The summed E-state index contributed by atoms with van der Waals surface area (Å²) in [6.45, 7) is 2.09. The van der Waals surface area contributed by atoms with E-state index in [0.717, 1.165) is 11.3 Å². The highest BCUT2D eigenvalue weighted by molar-refractivity contribution is 7.99. The van der Waals surface area contributed by atoms with Crippen LogP contribution in [-0.4, -0.2) is 33.1 Å². The Labute approximate surface area is 148 Å². The van der Waals surface area contributed by atoms with Gasteiger partial charge in [-0.15, -0.1) is 10.2 Å². The standard InChI is InChI=1S/C18H16FN3O2S/c1-2-24-16(23)12-25-18-21-20-17(13-6-4-3-5-7-13)22(18)15-10-8-14(19)9-11-15/h3-11H,2,12H2,1H3. The molecule has 3 rings (SSSR count). The van der Waals surface area contributed by atoms with Gasteiger partial charge in [0.05, 0.1) is 12.4 Å². The topological polar surface area (TPSA) is 57.0 Å². The third-order valence-electron chi connectivity index (χ3n) is 3.37. The van der Waals surface area contributed by atoms with Crippen LogP contribution >= 0.6 is 11.8 Å². The molecule has 0 aliphatic rings. The monoisotopic (exact) mass is 357 g/mol. The van der Waals surface area contributed by atoms with Crippen LogP contribution in [-0.2, 0) is 9.53 Å². The first-order valence-electron chi connectivity index (χ1n) is 7.74. The Morgan fingerprint density at radius 1 is 1.12 bits per heavy atom. The number of carbonyl (C=O) groups is 1. The number of carbonyl (C=O) groups excluding carboxylic acids is 1. The second-order valence-corrected chi connectivity index (χ2v) is 6.02. The summed E-state index contributed by atoms with van der Waals surface area (Å²) < 4.78 is 20.0. The number of hydrogen-bond acceptors (Lipinski definition) is 5. The average molecular weight is 357 g/mol. The summed E-state index contributed by atoms with van der Waals surface area (Å²) in [4.78, 5) is 11.6. The first-order valence-corrected chi connectivity index (χ1v) is 8.73. The number of nitrogens with zero attached hydrogens (tertiary/aromatic N) is 3. The van der Waals surface area contributed by atoms with E-state index in [9.17, 15) is 9.18 Å². The number of thioether (sulfide) groups is 1. The van der Waals surface area contributed by atoms with Gasteiger partial charge in [-0.25, -0.2) is 4.39 Å². The van der Waals surface area contributed by atoms with Crippen molar-refractivity contribution in [3.63, 3.8) is 0 Å². The van der Waals surface area contributed by atoms with Gasteiger partial charge in [0.25, 0.3) is 0 Å². The van der Waals surface area contributed by atoms with Crippen molar-refractivity contribution in [3.05, 3.63) is 60.4 Å². The van der Waals surface area contributed by atoms with E-state index in [4.69, 9.17) is 4.74 Å². The summed E-state index contributed by atoms with van der Waals surface area (Å²) in [5, 5.41) is 8.99. The van der Waals surface area contributed by atoms with E-state index in [0.29, 0.717) is 17.6 Å². The highest BCUT2D eigenvalue weighted by Crippen LogP contribution is 2.28. The van der Waals surface area contributed by atoms with Crippen LogP contribution in [0.3, 0.4) is 0 Å². The van der Waals surface area contributed by atoms with Crippen LogP contribution in [0.25, 0.3) is 17.1 Å². The van der Waals surface area contributed by atoms with Gasteiger partial charge in [0.2, 0.25) is 0 Å². The van der Waals surface area contributed by atoms with Gasteiger partial charge in [-0.3, -0.25) is 9.36 Å². The quantitative estimate of drug-likeness (QED) is 0.497. The van der Waals surface area contributed by atoms with Crippen LogP contribution in [0.2, 0.25) is 0 Å². The Kier molecular flexibility index (Phi) is 5.45. The Morgan fingerprint density at radius 3 is 2.52 bits per heavy atom. The lowest BCUT2D eigenvalue weighted by molar-refractivity contribution is -0.139. The van der Waals surface area contributed by atoms with Crippen molar-refractivity contribution < 1.29 is 13.9 Å². The van der Waals surface area contributed by atoms with Crippen LogP contribution in [0.4, 0.5) is 4.39 Å². The van der Waals surface area contributed by atoms with Crippen molar-refractivity contribution in [1.82, 2.24) is 14.8 Å². The third-order valence-corrected chi connectivity index (χ3v) is 4.28. The Balaban J connectivity index is 1.99. The molecule has 5 nitrogen and oxygen atoms in total. The van der Waals surface area contributed by atoms with Crippen molar-refractivity contribution in [1.29, 1.82) is 0 Å². The van der Waals surface area contributed by atoms with Gasteiger partial charge in [0.1, 0.15) is 5.82 Å². The molecule has 7 heteroatoms. The fraction of sp³-hybridized carbons (Fsp3) is 0.167. The van der Waals surface area contributed by atoms with Crippen LogP contribution in [0.1, 0.15) is 6.92 Å². The molecule has 128 valence electrons. The van der Waals surface area contributed by atoms with Crippen molar-refractivity contribution in [3.8, 4) is 17.1 Å². The smallest absolute Gasteiger partial charge is 0.316 e. The van der Waals surface area contributed by atoms with Crippen LogP contribution in [0.15, 0.2) is 59.8 Å². The van der Waals surface area contributed by atoms with Gasteiger partial charge in [-0.05, 0) is 31.2 Å². The fourth-order valence-electron chi connectivity index (χ4n) is 2.29. The zero-order valence-electron chi connectivity index (χ0n) is 13.6. The van der Waals surface area contributed by atoms with Gasteiger partial charge in [0, 0.05) is 11.3 Å². The van der Waals surface area contributed by atoms with Crippen LogP contribution < -0.4 is 0 Å². The minimum Gasteiger partial charge on any atom is -0.465 e. The van der Waals surface area contributed by atoms with Gasteiger partial charge >= 0.3 is 5.97 Å². The minimum absolute atomic E-state index is 0.127. The molecular formula is C18H16FN3O2S. The van der Waals surface area contributed by atoms with Crippen molar-refractivity contribution >= 4 is 17.7 Å². The Hall–Kier alpha value is -2.67. The van der Waals surface area contributed by atoms with Gasteiger partial charge in [-0.1, -0.05) is 42.1 Å². The molecule has 1 aromatic heterocycles. The number of esters is 1. The molecule has 0 aliphatic carbocycles. The molecular weight excluding hydrogens is 341 g/mol. The molecule has 0 atom stereocenters. The van der Waals surface area contributed by atoms with E-state index >= 15 is 0 Å². The number of halogens is 1. The summed E-state index contributed by atoms with van der Waals surface area (Å²) in [5.74, 6) is 0.113. The van der Waals surface area contributed by atoms with Crippen LogP contribution in [0.5, 0.6) is 0 Å². The summed E-state index contributed by atoms with van der Waals surface area (Å²) in [6, 6.07) is 15.6. The number of rotatable bonds is 6. The zero-order chi connectivity index (χ0) is 17.6. The predicted octanol–water partition coefficient (Wildman–Crippen LogP) is 3.73. The SMILES string of the molecule is CCOC(=O)CSc1nnc(-c2ccccc2)n1-c1ccc(F)cc1. The lowest BCUT2D eigenvalue weighted by Crippen LogP contribution is -2.08. The molecule has 1 heterocycles. The van der Waals surface area contributed by atoms with Gasteiger partial charge in [-0.2, -0.15) is 0 Å². The molecule has 3 aromatic rings. The summed E-state index contributed by atoms with van der Waals surface area (Å²) in [6.07, 6.45) is 0. The number of hydrogen-bond donors (Lipinski definition) is 0. The molecule has 0 radical (unpaired) electrons. The van der Waals surface area contributed by atoms with E-state index in [-0.39, 0.29) is 17.5 Å². The van der Waals surface area contributed by atoms with Crippen molar-refractivity contribution in [2.24, 2.45) is 0 Å². The maximum absolute atomic E-state index is 13.3. The summed E-state index contributed by atoms with van der Waals surface area (Å²) in [5.41, 5.74) is 1.60. The largest absolute Gasteiger partial charge is 0.465 e. The Bertz CT molecular complexity index is 851. The Morgan fingerprint density at radius 2 is 1.84 bits per heavy atom. The normalized spacial score (nSPS) is 10.6. The molecule has 0 amide bonds. The molecule has 0 bridgehead atoms. The van der Waals surface area contributed by atoms with Crippen molar-refractivity contribution in [2.75, 3.05) is 12.4 Å². The predicted molar refractivity (Wildman–Crippen MR) is 94.1 cm³/mol. The fourth-order valence-corrected chi connectivity index (χ4v) is 3.04. The summed E-state index contributed by atoms with van der Waals surface area (Å²) in [7, 11) is 0. The van der Waals surface area contributed by atoms with Crippen LogP contribution in [0, 0.1) is 5.82 Å². The maximum atomic E-state index is 13.3. The molecule has 0 aliphatic heterocycles. The molecule has 0 fully saturated rings.